The Morgan fingerprint density at radius 3 is 1.95 bits per heavy atom. The Morgan fingerprint density at radius 1 is 0.900 bits per heavy atom. The number of amides is 1. The van der Waals surface area contributed by atoms with Gasteiger partial charge in [0.05, 0.1) is 19.2 Å². The summed E-state index contributed by atoms with van der Waals surface area (Å²) in [5.41, 5.74) is 2.29. The molecule has 3 aromatic rings. The molecule has 0 radical (unpaired) electrons. The molecule has 0 saturated carbocycles. The highest BCUT2D eigenvalue weighted by Crippen LogP contribution is 2.38. The van der Waals surface area contributed by atoms with Crippen LogP contribution < -0.4 is 24.3 Å². The zero-order valence-electron chi connectivity index (χ0n) is 24.3. The van der Waals surface area contributed by atoms with E-state index in [9.17, 15) is 4.79 Å². The predicted octanol–water partition coefficient (Wildman–Crippen LogP) is 6.75. The van der Waals surface area contributed by atoms with Crippen LogP contribution in [0.1, 0.15) is 54.6 Å². The molecule has 0 aliphatic rings. The van der Waals surface area contributed by atoms with Crippen LogP contribution in [0.5, 0.6) is 23.0 Å². The highest BCUT2D eigenvalue weighted by atomic mass is 35.5. The van der Waals surface area contributed by atoms with Crippen LogP contribution in [-0.4, -0.2) is 51.2 Å². The molecule has 3 aromatic carbocycles. The SMILES string of the molecule is CCC[C@H](C[C@@H](C)NC(=O)c1cc(Cl)c(OCc2ccc(OC)cc2)c(OCc2ccc(OC)cc2)c1)N(C)C. The van der Waals surface area contributed by atoms with Crippen LogP contribution in [0.25, 0.3) is 0 Å². The minimum Gasteiger partial charge on any atom is -0.497 e. The van der Waals surface area contributed by atoms with Crippen molar-refractivity contribution in [3.05, 3.63) is 82.4 Å². The molecule has 0 aliphatic heterocycles. The molecule has 1 amide bonds. The van der Waals surface area contributed by atoms with Crippen molar-refractivity contribution in [2.75, 3.05) is 28.3 Å². The second-order valence-electron chi connectivity index (χ2n) is 10.1. The lowest BCUT2D eigenvalue weighted by atomic mass is 10.0. The summed E-state index contributed by atoms with van der Waals surface area (Å²) in [7, 11) is 7.40. The number of nitrogens with one attached hydrogen (secondary N) is 1. The normalized spacial score (nSPS) is 12.5. The highest BCUT2D eigenvalue weighted by Gasteiger charge is 2.20. The Hall–Kier alpha value is -3.42. The molecule has 3 rings (SSSR count). The number of nitrogens with zero attached hydrogens (tertiary/aromatic N) is 1. The summed E-state index contributed by atoms with van der Waals surface area (Å²) in [4.78, 5) is 15.5. The lowest BCUT2D eigenvalue weighted by molar-refractivity contribution is 0.0930. The fourth-order valence-electron chi connectivity index (χ4n) is 4.40. The molecule has 1 N–H and O–H groups in total. The minimum absolute atomic E-state index is 0.0140. The summed E-state index contributed by atoms with van der Waals surface area (Å²) in [6.07, 6.45) is 3.01. The molecule has 0 saturated heterocycles. The first-order chi connectivity index (χ1) is 19.2. The van der Waals surface area contributed by atoms with E-state index in [4.69, 9.17) is 30.5 Å². The lowest BCUT2D eigenvalue weighted by Crippen LogP contribution is -2.39. The van der Waals surface area contributed by atoms with Gasteiger partial charge in [0.25, 0.3) is 5.91 Å². The van der Waals surface area contributed by atoms with Crippen LogP contribution in [0.4, 0.5) is 0 Å². The molecule has 0 aliphatic carbocycles. The standard InChI is InChI=1S/C32H41ClN2O5/c1-7-8-26(35(3)4)17-22(2)34-32(36)25-18-29(33)31(40-21-24-11-15-28(38-6)16-12-24)30(19-25)39-20-23-9-13-27(37-5)14-10-23/h9-16,18-19,22,26H,7-8,17,20-21H2,1-6H3,(H,34,36)/t22-,26-/m1/s1. The van der Waals surface area contributed by atoms with E-state index in [1.54, 1.807) is 26.4 Å². The van der Waals surface area contributed by atoms with Gasteiger partial charge in [-0.05, 0) is 81.4 Å². The molecular weight excluding hydrogens is 528 g/mol. The summed E-state index contributed by atoms with van der Waals surface area (Å²) >= 11 is 6.69. The number of ether oxygens (including phenoxy) is 4. The van der Waals surface area contributed by atoms with Crippen molar-refractivity contribution in [2.45, 2.75) is 58.4 Å². The van der Waals surface area contributed by atoms with Gasteiger partial charge in [-0.1, -0.05) is 49.2 Å². The maximum Gasteiger partial charge on any atom is 0.251 e. The van der Waals surface area contributed by atoms with Crippen LogP contribution >= 0.6 is 11.6 Å². The van der Waals surface area contributed by atoms with Crippen molar-refractivity contribution in [1.29, 1.82) is 0 Å². The number of carbonyl (C=O) groups excluding carboxylic acids is 1. The van der Waals surface area contributed by atoms with Crippen molar-refractivity contribution in [3.63, 3.8) is 0 Å². The molecule has 7 nitrogen and oxygen atoms in total. The maximum absolute atomic E-state index is 13.3. The van der Waals surface area contributed by atoms with Crippen LogP contribution in [0.15, 0.2) is 60.7 Å². The van der Waals surface area contributed by atoms with E-state index < -0.39 is 0 Å². The monoisotopic (exact) mass is 568 g/mol. The van der Waals surface area contributed by atoms with Crippen molar-refractivity contribution < 1.29 is 23.7 Å². The largest absolute Gasteiger partial charge is 0.497 e. The topological polar surface area (TPSA) is 69.3 Å². The number of hydrogen-bond acceptors (Lipinski definition) is 6. The third-order valence-electron chi connectivity index (χ3n) is 6.72. The Bertz CT molecular complexity index is 1220. The van der Waals surface area contributed by atoms with Gasteiger partial charge in [-0.3, -0.25) is 4.79 Å². The second kappa shape index (κ2) is 15.4. The summed E-state index contributed by atoms with van der Waals surface area (Å²) < 4.78 is 22.8. The number of rotatable bonds is 15. The van der Waals surface area contributed by atoms with Gasteiger partial charge in [0.2, 0.25) is 0 Å². The van der Waals surface area contributed by atoms with Gasteiger partial charge in [-0.25, -0.2) is 0 Å². The van der Waals surface area contributed by atoms with E-state index in [-0.39, 0.29) is 25.2 Å². The Kier molecular flexibility index (Phi) is 12.0. The van der Waals surface area contributed by atoms with Gasteiger partial charge in [0.15, 0.2) is 11.5 Å². The van der Waals surface area contributed by atoms with Gasteiger partial charge in [0.1, 0.15) is 24.7 Å². The van der Waals surface area contributed by atoms with E-state index in [0.29, 0.717) is 28.1 Å². The molecule has 0 unspecified atom stereocenters. The molecule has 216 valence electrons. The number of carbonyl (C=O) groups is 1. The van der Waals surface area contributed by atoms with Gasteiger partial charge < -0.3 is 29.2 Å². The summed E-state index contributed by atoms with van der Waals surface area (Å²) in [6, 6.07) is 18.9. The average molecular weight is 569 g/mol. The van der Waals surface area contributed by atoms with Crippen molar-refractivity contribution in [3.8, 4) is 23.0 Å². The maximum atomic E-state index is 13.3. The first kappa shape index (κ1) is 31.1. The van der Waals surface area contributed by atoms with Crippen LogP contribution in [0.3, 0.4) is 0 Å². The molecule has 0 heterocycles. The molecule has 2 atom stereocenters. The van der Waals surface area contributed by atoms with E-state index in [0.717, 1.165) is 41.9 Å². The van der Waals surface area contributed by atoms with Crippen molar-refractivity contribution >= 4 is 17.5 Å². The van der Waals surface area contributed by atoms with Gasteiger partial charge in [-0.15, -0.1) is 0 Å². The van der Waals surface area contributed by atoms with Crippen LogP contribution in [0, 0.1) is 0 Å². The Balaban J connectivity index is 1.80. The van der Waals surface area contributed by atoms with E-state index in [1.165, 1.54) is 0 Å². The van der Waals surface area contributed by atoms with E-state index in [1.807, 2.05) is 55.5 Å². The smallest absolute Gasteiger partial charge is 0.251 e. The Morgan fingerprint density at radius 2 is 1.45 bits per heavy atom. The first-order valence-corrected chi connectivity index (χ1v) is 13.9. The molecule has 40 heavy (non-hydrogen) atoms. The highest BCUT2D eigenvalue weighted by molar-refractivity contribution is 6.32. The average Bonchev–Trinajstić information content (AvgIpc) is 2.95. The molecule has 0 spiro atoms. The fourth-order valence-corrected chi connectivity index (χ4v) is 4.67. The summed E-state index contributed by atoms with van der Waals surface area (Å²) in [6.45, 7) is 4.74. The number of benzene rings is 3. The van der Waals surface area contributed by atoms with E-state index in [2.05, 4.69) is 31.2 Å². The molecular formula is C32H41ClN2O5. The number of hydrogen-bond donors (Lipinski definition) is 1. The number of halogens is 1. The molecule has 8 heteroatoms. The molecule has 0 aromatic heterocycles. The second-order valence-corrected chi connectivity index (χ2v) is 10.5. The molecule has 0 bridgehead atoms. The zero-order valence-corrected chi connectivity index (χ0v) is 25.1. The zero-order chi connectivity index (χ0) is 29.1. The first-order valence-electron chi connectivity index (χ1n) is 13.6. The van der Waals surface area contributed by atoms with Crippen molar-refractivity contribution in [2.24, 2.45) is 0 Å². The summed E-state index contributed by atoms with van der Waals surface area (Å²) in [5, 5.41) is 3.42. The van der Waals surface area contributed by atoms with Crippen molar-refractivity contribution in [1.82, 2.24) is 10.2 Å². The molecule has 0 fully saturated rings. The van der Waals surface area contributed by atoms with E-state index >= 15 is 0 Å². The third-order valence-corrected chi connectivity index (χ3v) is 7.00. The van der Waals surface area contributed by atoms with Gasteiger partial charge in [0, 0.05) is 17.6 Å². The van der Waals surface area contributed by atoms with Crippen LogP contribution in [0.2, 0.25) is 5.02 Å². The Labute approximate surface area is 243 Å². The summed E-state index contributed by atoms with van der Waals surface area (Å²) in [5.74, 6) is 2.09. The van der Waals surface area contributed by atoms with Gasteiger partial charge in [-0.2, -0.15) is 0 Å². The number of methoxy groups -OCH3 is 2. The lowest BCUT2D eigenvalue weighted by Gasteiger charge is -2.27. The minimum atomic E-state index is -0.209. The predicted molar refractivity (Wildman–Crippen MR) is 160 cm³/mol. The quantitative estimate of drug-likeness (QED) is 0.219. The third kappa shape index (κ3) is 9.07. The van der Waals surface area contributed by atoms with Crippen LogP contribution in [-0.2, 0) is 13.2 Å². The fraction of sp³-hybridized carbons (Fsp3) is 0.406. The van der Waals surface area contributed by atoms with Gasteiger partial charge >= 0.3 is 0 Å².